The number of halogens is 2. The molecule has 1 N–H and O–H groups in total. The van der Waals surface area contributed by atoms with Crippen LogP contribution < -0.4 is 5.32 Å². The molecule has 1 aliphatic carbocycles. The van der Waals surface area contributed by atoms with Crippen molar-refractivity contribution in [3.05, 3.63) is 55.1 Å². The van der Waals surface area contributed by atoms with Gasteiger partial charge in [-0.05, 0) is 48.6 Å². The Morgan fingerprint density at radius 2 is 2.11 bits per heavy atom. The van der Waals surface area contributed by atoms with Gasteiger partial charge in [-0.25, -0.2) is 0 Å². The lowest BCUT2D eigenvalue weighted by atomic mass is 9.94. The van der Waals surface area contributed by atoms with Crippen molar-refractivity contribution in [3.8, 4) is 0 Å². The van der Waals surface area contributed by atoms with Crippen LogP contribution >= 0.6 is 38.9 Å². The smallest absolute Gasteiger partial charge is 0.0934 e. The van der Waals surface area contributed by atoms with Crippen LogP contribution in [0.15, 0.2) is 34.8 Å². The second-order valence-electron chi connectivity index (χ2n) is 4.88. The molecular formula is C15H15BrClNS. The number of aryl methyl sites for hydroxylation is 1. The zero-order valence-electron chi connectivity index (χ0n) is 10.5. The van der Waals surface area contributed by atoms with Gasteiger partial charge in [-0.15, -0.1) is 11.3 Å². The molecular weight excluding hydrogens is 342 g/mol. The molecule has 0 fully saturated rings. The molecule has 0 radical (unpaired) electrons. The first-order chi connectivity index (χ1) is 9.22. The topological polar surface area (TPSA) is 12.0 Å². The van der Waals surface area contributed by atoms with Gasteiger partial charge >= 0.3 is 0 Å². The molecule has 0 saturated heterocycles. The predicted octanol–water partition coefficient (Wildman–Crippen LogP) is 5.33. The van der Waals surface area contributed by atoms with Crippen molar-refractivity contribution in [1.82, 2.24) is 5.32 Å². The molecule has 0 spiro atoms. The lowest BCUT2D eigenvalue weighted by Crippen LogP contribution is -2.23. The van der Waals surface area contributed by atoms with Gasteiger partial charge in [0.2, 0.25) is 0 Å². The maximum absolute atomic E-state index is 6.14. The average Bonchev–Trinajstić information content (AvgIpc) is 2.79. The van der Waals surface area contributed by atoms with Gasteiger partial charge in [0.25, 0.3) is 0 Å². The van der Waals surface area contributed by atoms with E-state index in [0.29, 0.717) is 6.04 Å². The molecule has 100 valence electrons. The van der Waals surface area contributed by atoms with Crippen LogP contribution in [0.5, 0.6) is 0 Å². The molecule has 1 aliphatic rings. The van der Waals surface area contributed by atoms with Crippen molar-refractivity contribution < 1.29 is 0 Å². The van der Waals surface area contributed by atoms with Gasteiger partial charge in [-0.2, -0.15) is 0 Å². The van der Waals surface area contributed by atoms with Crippen LogP contribution in [0.1, 0.15) is 34.9 Å². The number of rotatable bonds is 3. The Bertz CT molecular complexity index is 564. The van der Waals surface area contributed by atoms with E-state index in [1.54, 1.807) is 11.3 Å². The Morgan fingerprint density at radius 1 is 1.32 bits per heavy atom. The summed E-state index contributed by atoms with van der Waals surface area (Å²) >= 11 is 11.3. The van der Waals surface area contributed by atoms with E-state index in [1.165, 1.54) is 35.3 Å². The lowest BCUT2D eigenvalue weighted by molar-refractivity contribution is 0.463. The molecule has 1 unspecified atom stereocenters. The molecule has 0 bridgehead atoms. The Morgan fingerprint density at radius 3 is 2.89 bits per heavy atom. The minimum Gasteiger partial charge on any atom is -0.306 e. The van der Waals surface area contributed by atoms with Crippen LogP contribution in [0.25, 0.3) is 0 Å². The van der Waals surface area contributed by atoms with Gasteiger partial charge in [0.05, 0.1) is 4.34 Å². The van der Waals surface area contributed by atoms with Crippen molar-refractivity contribution in [2.24, 2.45) is 0 Å². The Kier molecular flexibility index (Phi) is 4.27. The quantitative estimate of drug-likeness (QED) is 0.783. The maximum atomic E-state index is 6.14. The van der Waals surface area contributed by atoms with Crippen LogP contribution in [-0.2, 0) is 13.0 Å². The predicted molar refractivity (Wildman–Crippen MR) is 86.0 cm³/mol. The summed E-state index contributed by atoms with van der Waals surface area (Å²) in [7, 11) is 0. The standard InChI is InChI=1S/C15H15BrClNS/c16-11-6-4-10(5-7-11)9-18-13-2-1-3-14-12(13)8-15(17)19-14/h4-8,13,18H,1-3,9H2. The fourth-order valence-electron chi connectivity index (χ4n) is 2.58. The van der Waals surface area contributed by atoms with Gasteiger partial charge in [0.15, 0.2) is 0 Å². The average molecular weight is 357 g/mol. The number of benzene rings is 1. The van der Waals surface area contributed by atoms with E-state index < -0.39 is 0 Å². The Hall–Kier alpha value is -0.350. The Labute approximate surface area is 131 Å². The first-order valence-electron chi connectivity index (χ1n) is 6.48. The minimum atomic E-state index is 0.455. The van der Waals surface area contributed by atoms with E-state index in [4.69, 9.17) is 11.6 Å². The van der Waals surface area contributed by atoms with E-state index in [9.17, 15) is 0 Å². The van der Waals surface area contributed by atoms with Crippen LogP contribution in [0.4, 0.5) is 0 Å². The van der Waals surface area contributed by atoms with Crippen LogP contribution in [-0.4, -0.2) is 0 Å². The molecule has 1 heterocycles. The molecule has 1 aromatic heterocycles. The van der Waals surface area contributed by atoms with Crippen molar-refractivity contribution in [2.45, 2.75) is 31.8 Å². The number of thiophene rings is 1. The summed E-state index contributed by atoms with van der Waals surface area (Å²) in [6, 6.07) is 11.1. The molecule has 0 saturated carbocycles. The molecule has 0 aliphatic heterocycles. The number of nitrogens with one attached hydrogen (secondary N) is 1. The highest BCUT2D eigenvalue weighted by molar-refractivity contribution is 9.10. The van der Waals surface area contributed by atoms with Gasteiger partial charge < -0.3 is 5.32 Å². The fraction of sp³-hybridized carbons (Fsp3) is 0.333. The molecule has 1 nitrogen and oxygen atoms in total. The monoisotopic (exact) mass is 355 g/mol. The highest BCUT2D eigenvalue weighted by Crippen LogP contribution is 2.37. The van der Waals surface area contributed by atoms with E-state index in [0.717, 1.165) is 15.4 Å². The summed E-state index contributed by atoms with van der Waals surface area (Å²) in [5.41, 5.74) is 2.73. The molecule has 1 aromatic carbocycles. The second kappa shape index (κ2) is 5.96. The third kappa shape index (κ3) is 3.22. The number of hydrogen-bond donors (Lipinski definition) is 1. The van der Waals surface area contributed by atoms with Crippen molar-refractivity contribution in [3.63, 3.8) is 0 Å². The second-order valence-corrected chi connectivity index (χ2v) is 7.56. The third-order valence-electron chi connectivity index (χ3n) is 3.55. The highest BCUT2D eigenvalue weighted by atomic mass is 79.9. The normalized spacial score (nSPS) is 18.3. The molecule has 1 atom stereocenters. The summed E-state index contributed by atoms with van der Waals surface area (Å²) < 4.78 is 2.04. The van der Waals surface area contributed by atoms with Gasteiger partial charge in [0.1, 0.15) is 0 Å². The van der Waals surface area contributed by atoms with Gasteiger partial charge in [-0.1, -0.05) is 39.7 Å². The van der Waals surface area contributed by atoms with Crippen molar-refractivity contribution in [2.75, 3.05) is 0 Å². The first kappa shape index (κ1) is 13.6. The van der Waals surface area contributed by atoms with Crippen molar-refractivity contribution >= 4 is 38.9 Å². The van der Waals surface area contributed by atoms with Crippen LogP contribution in [0.2, 0.25) is 4.34 Å². The number of fused-ring (bicyclic) bond motifs is 1. The summed E-state index contributed by atoms with van der Waals surface area (Å²) in [6.45, 7) is 0.908. The summed E-state index contributed by atoms with van der Waals surface area (Å²) in [5.74, 6) is 0. The lowest BCUT2D eigenvalue weighted by Gasteiger charge is -2.23. The first-order valence-corrected chi connectivity index (χ1v) is 8.47. The maximum Gasteiger partial charge on any atom is 0.0934 e. The SMILES string of the molecule is Clc1cc2c(s1)CCCC2NCc1ccc(Br)cc1. The van der Waals surface area contributed by atoms with Crippen LogP contribution in [0, 0.1) is 0 Å². The molecule has 0 amide bonds. The Balaban J connectivity index is 1.69. The van der Waals surface area contributed by atoms with Crippen LogP contribution in [0.3, 0.4) is 0 Å². The zero-order chi connectivity index (χ0) is 13.2. The summed E-state index contributed by atoms with van der Waals surface area (Å²) in [5, 5.41) is 3.66. The fourth-order valence-corrected chi connectivity index (χ4v) is 4.22. The molecule has 19 heavy (non-hydrogen) atoms. The van der Waals surface area contributed by atoms with E-state index in [-0.39, 0.29) is 0 Å². The van der Waals surface area contributed by atoms with E-state index >= 15 is 0 Å². The highest BCUT2D eigenvalue weighted by Gasteiger charge is 2.22. The molecule has 2 aromatic rings. The summed E-state index contributed by atoms with van der Waals surface area (Å²) in [6.07, 6.45) is 3.64. The third-order valence-corrected chi connectivity index (χ3v) is 5.42. The molecule has 3 rings (SSSR count). The minimum absolute atomic E-state index is 0.455. The number of hydrogen-bond acceptors (Lipinski definition) is 2. The molecule has 4 heteroatoms. The largest absolute Gasteiger partial charge is 0.306 e. The summed E-state index contributed by atoms with van der Waals surface area (Å²) in [4.78, 5) is 1.46. The van der Waals surface area contributed by atoms with Gasteiger partial charge in [0, 0.05) is 21.9 Å². The van der Waals surface area contributed by atoms with Gasteiger partial charge in [-0.3, -0.25) is 0 Å². The van der Waals surface area contributed by atoms with E-state index in [2.05, 4.69) is 51.6 Å². The van der Waals surface area contributed by atoms with Crippen molar-refractivity contribution in [1.29, 1.82) is 0 Å². The zero-order valence-corrected chi connectivity index (χ0v) is 13.6. The van der Waals surface area contributed by atoms with E-state index in [1.807, 2.05) is 0 Å².